The van der Waals surface area contributed by atoms with Crippen molar-refractivity contribution in [2.75, 3.05) is 11.9 Å². The lowest BCUT2D eigenvalue weighted by atomic mass is 10.0. The number of hydrogen-bond acceptors (Lipinski definition) is 3. The fourth-order valence-electron chi connectivity index (χ4n) is 2.58. The van der Waals surface area contributed by atoms with Gasteiger partial charge in [-0.3, -0.25) is 9.69 Å². The van der Waals surface area contributed by atoms with Gasteiger partial charge in [0.2, 0.25) is 5.91 Å². The number of benzene rings is 1. The largest absolute Gasteiger partial charge is 0.325 e. The molecule has 4 heteroatoms. The van der Waals surface area contributed by atoms with Crippen LogP contribution >= 0.6 is 0 Å². The van der Waals surface area contributed by atoms with Gasteiger partial charge in [0.25, 0.3) is 0 Å². The van der Waals surface area contributed by atoms with Crippen LogP contribution in [0.2, 0.25) is 0 Å². The Labute approximate surface area is 121 Å². The predicted molar refractivity (Wildman–Crippen MR) is 82.4 cm³/mol. The lowest BCUT2D eigenvalue weighted by Crippen LogP contribution is -2.36. The third-order valence-corrected chi connectivity index (χ3v) is 3.96. The zero-order valence-corrected chi connectivity index (χ0v) is 12.4. The third-order valence-electron chi connectivity index (χ3n) is 3.96. The summed E-state index contributed by atoms with van der Waals surface area (Å²) in [5.74, 6) is -0.151. The molecule has 0 saturated carbocycles. The molecule has 20 heavy (non-hydrogen) atoms. The van der Waals surface area contributed by atoms with Crippen LogP contribution < -0.4 is 11.1 Å². The van der Waals surface area contributed by atoms with Gasteiger partial charge < -0.3 is 11.1 Å². The van der Waals surface area contributed by atoms with Crippen LogP contribution in [-0.2, 0) is 11.3 Å². The molecule has 1 amide bonds. The van der Waals surface area contributed by atoms with E-state index in [0.29, 0.717) is 6.04 Å². The highest BCUT2D eigenvalue weighted by Crippen LogP contribution is 2.20. The SMILES string of the molecule is CC(N)C(=O)Nc1ccc(CN2CCCCC2C)cc1. The van der Waals surface area contributed by atoms with Gasteiger partial charge in [0, 0.05) is 18.3 Å². The predicted octanol–water partition coefficient (Wildman–Crippen LogP) is 2.35. The number of anilines is 1. The summed E-state index contributed by atoms with van der Waals surface area (Å²) in [5, 5.41) is 2.80. The molecule has 0 aliphatic carbocycles. The second-order valence-electron chi connectivity index (χ2n) is 5.79. The molecule has 0 aromatic heterocycles. The number of likely N-dealkylation sites (tertiary alicyclic amines) is 1. The maximum atomic E-state index is 11.5. The van der Waals surface area contributed by atoms with E-state index in [0.717, 1.165) is 12.2 Å². The van der Waals surface area contributed by atoms with Crippen molar-refractivity contribution < 1.29 is 4.79 Å². The van der Waals surface area contributed by atoms with Gasteiger partial charge in [0.1, 0.15) is 0 Å². The molecule has 1 fully saturated rings. The fraction of sp³-hybridized carbons (Fsp3) is 0.562. The van der Waals surface area contributed by atoms with Crippen LogP contribution in [0.4, 0.5) is 5.69 Å². The number of hydrogen-bond donors (Lipinski definition) is 2. The maximum Gasteiger partial charge on any atom is 0.240 e. The van der Waals surface area contributed by atoms with Gasteiger partial charge >= 0.3 is 0 Å². The molecule has 0 bridgehead atoms. The standard InChI is InChI=1S/C16H25N3O/c1-12-5-3-4-10-19(12)11-14-6-8-15(9-7-14)18-16(20)13(2)17/h6-9,12-13H,3-5,10-11,17H2,1-2H3,(H,18,20). The number of rotatable bonds is 4. The molecular weight excluding hydrogens is 250 g/mol. The molecule has 1 aliphatic heterocycles. The first-order chi connectivity index (χ1) is 9.56. The van der Waals surface area contributed by atoms with Gasteiger partial charge in [0.15, 0.2) is 0 Å². The van der Waals surface area contributed by atoms with E-state index in [1.165, 1.54) is 31.4 Å². The summed E-state index contributed by atoms with van der Waals surface area (Å²) in [6.07, 6.45) is 3.94. The minimum Gasteiger partial charge on any atom is -0.325 e. The molecule has 110 valence electrons. The summed E-state index contributed by atoms with van der Waals surface area (Å²) < 4.78 is 0. The van der Waals surface area contributed by atoms with Crippen molar-refractivity contribution in [3.05, 3.63) is 29.8 Å². The Bertz CT molecular complexity index is 442. The van der Waals surface area contributed by atoms with Gasteiger partial charge in [-0.15, -0.1) is 0 Å². The highest BCUT2D eigenvalue weighted by Gasteiger charge is 2.18. The van der Waals surface area contributed by atoms with Crippen LogP contribution in [0.1, 0.15) is 38.7 Å². The molecular formula is C16H25N3O. The quantitative estimate of drug-likeness (QED) is 0.887. The highest BCUT2D eigenvalue weighted by atomic mass is 16.2. The first kappa shape index (κ1) is 15.0. The molecule has 0 spiro atoms. The molecule has 3 N–H and O–H groups in total. The van der Waals surface area contributed by atoms with Gasteiger partial charge in [-0.25, -0.2) is 0 Å². The van der Waals surface area contributed by atoms with Crippen molar-refractivity contribution in [3.8, 4) is 0 Å². The Morgan fingerprint density at radius 2 is 2.10 bits per heavy atom. The maximum absolute atomic E-state index is 11.5. The van der Waals surface area contributed by atoms with Crippen molar-refractivity contribution in [1.29, 1.82) is 0 Å². The van der Waals surface area contributed by atoms with Crippen LogP contribution in [-0.4, -0.2) is 29.4 Å². The van der Waals surface area contributed by atoms with Gasteiger partial charge in [-0.05, 0) is 50.9 Å². The van der Waals surface area contributed by atoms with E-state index >= 15 is 0 Å². The zero-order valence-electron chi connectivity index (χ0n) is 12.4. The first-order valence-corrected chi connectivity index (χ1v) is 7.45. The molecule has 2 rings (SSSR count). The van der Waals surface area contributed by atoms with Crippen LogP contribution in [0.25, 0.3) is 0 Å². The van der Waals surface area contributed by atoms with Gasteiger partial charge in [-0.2, -0.15) is 0 Å². The topological polar surface area (TPSA) is 58.4 Å². The van der Waals surface area contributed by atoms with E-state index in [1.54, 1.807) is 6.92 Å². The molecule has 2 atom stereocenters. The van der Waals surface area contributed by atoms with Crippen molar-refractivity contribution in [2.24, 2.45) is 5.73 Å². The lowest BCUT2D eigenvalue weighted by molar-refractivity contribution is -0.117. The van der Waals surface area contributed by atoms with Crippen molar-refractivity contribution in [1.82, 2.24) is 4.90 Å². The molecule has 1 aromatic carbocycles. The third kappa shape index (κ3) is 4.05. The lowest BCUT2D eigenvalue weighted by Gasteiger charge is -2.33. The molecule has 1 aromatic rings. The number of carbonyl (C=O) groups excluding carboxylic acids is 1. The molecule has 1 saturated heterocycles. The number of piperidine rings is 1. The number of amides is 1. The van der Waals surface area contributed by atoms with Crippen molar-refractivity contribution in [2.45, 2.75) is 51.7 Å². The Balaban J connectivity index is 1.92. The van der Waals surface area contributed by atoms with Crippen LogP contribution in [0.3, 0.4) is 0 Å². The first-order valence-electron chi connectivity index (χ1n) is 7.45. The molecule has 4 nitrogen and oxygen atoms in total. The average molecular weight is 275 g/mol. The smallest absolute Gasteiger partial charge is 0.240 e. The summed E-state index contributed by atoms with van der Waals surface area (Å²) in [4.78, 5) is 14.0. The summed E-state index contributed by atoms with van der Waals surface area (Å²) in [5.41, 5.74) is 7.63. The highest BCUT2D eigenvalue weighted by molar-refractivity contribution is 5.94. The Morgan fingerprint density at radius 3 is 2.70 bits per heavy atom. The molecule has 1 aliphatic rings. The summed E-state index contributed by atoms with van der Waals surface area (Å²) in [6.45, 7) is 6.16. The second-order valence-corrected chi connectivity index (χ2v) is 5.79. The summed E-state index contributed by atoms with van der Waals surface area (Å²) >= 11 is 0. The minimum absolute atomic E-state index is 0.151. The molecule has 2 unspecified atom stereocenters. The number of nitrogens with zero attached hydrogens (tertiary/aromatic N) is 1. The van der Waals surface area contributed by atoms with E-state index in [9.17, 15) is 4.79 Å². The Kier molecular flexibility index (Phi) is 5.15. The number of nitrogens with two attached hydrogens (primary N) is 1. The van der Waals surface area contributed by atoms with Crippen LogP contribution in [0.15, 0.2) is 24.3 Å². The molecule has 0 radical (unpaired) electrons. The van der Waals surface area contributed by atoms with E-state index in [2.05, 4.69) is 29.3 Å². The van der Waals surface area contributed by atoms with E-state index < -0.39 is 6.04 Å². The van der Waals surface area contributed by atoms with E-state index in [4.69, 9.17) is 5.73 Å². The van der Waals surface area contributed by atoms with Gasteiger partial charge in [-0.1, -0.05) is 18.6 Å². The van der Waals surface area contributed by atoms with Gasteiger partial charge in [0.05, 0.1) is 6.04 Å². The van der Waals surface area contributed by atoms with Crippen molar-refractivity contribution in [3.63, 3.8) is 0 Å². The minimum atomic E-state index is -0.483. The number of nitrogens with one attached hydrogen (secondary N) is 1. The normalized spacial score (nSPS) is 21.4. The zero-order chi connectivity index (χ0) is 14.5. The van der Waals surface area contributed by atoms with E-state index in [1.807, 2.05) is 12.1 Å². The van der Waals surface area contributed by atoms with Crippen LogP contribution in [0.5, 0.6) is 0 Å². The van der Waals surface area contributed by atoms with Crippen molar-refractivity contribution >= 4 is 11.6 Å². The van der Waals surface area contributed by atoms with E-state index in [-0.39, 0.29) is 5.91 Å². The number of carbonyl (C=O) groups is 1. The summed E-state index contributed by atoms with van der Waals surface area (Å²) in [7, 11) is 0. The molecule has 1 heterocycles. The second kappa shape index (κ2) is 6.86. The monoisotopic (exact) mass is 275 g/mol. The summed E-state index contributed by atoms with van der Waals surface area (Å²) in [6, 6.07) is 8.25. The average Bonchev–Trinajstić information content (AvgIpc) is 2.43. The fourth-order valence-corrected chi connectivity index (χ4v) is 2.58. The van der Waals surface area contributed by atoms with Crippen LogP contribution in [0, 0.1) is 0 Å². The Hall–Kier alpha value is -1.39. The Morgan fingerprint density at radius 1 is 1.40 bits per heavy atom.